The predicted octanol–water partition coefficient (Wildman–Crippen LogP) is 2.16. The fourth-order valence-corrected chi connectivity index (χ4v) is 4.49. The highest BCUT2D eigenvalue weighted by atomic mass is 32.1. The van der Waals surface area contributed by atoms with Gasteiger partial charge >= 0.3 is 24.3 Å². The molecule has 3 fully saturated rings. The summed E-state index contributed by atoms with van der Waals surface area (Å²) in [5, 5.41) is 17.4. The molecule has 2 aliphatic heterocycles. The van der Waals surface area contributed by atoms with E-state index in [2.05, 4.69) is 14.8 Å². The van der Waals surface area contributed by atoms with Crippen molar-refractivity contribution in [2.24, 2.45) is 5.92 Å². The van der Waals surface area contributed by atoms with Gasteiger partial charge in [-0.2, -0.15) is 26.3 Å². The Bertz CT molecular complexity index is 925. The normalized spacial score (nSPS) is 21.3. The van der Waals surface area contributed by atoms with Crippen LogP contribution >= 0.6 is 11.3 Å². The van der Waals surface area contributed by atoms with Gasteiger partial charge in [0.2, 0.25) is 5.91 Å². The van der Waals surface area contributed by atoms with Crippen LogP contribution in [0, 0.1) is 5.92 Å². The fraction of sp³-hybridized carbons (Fsp3) is 0.714. The highest BCUT2D eigenvalue weighted by Gasteiger charge is 2.51. The van der Waals surface area contributed by atoms with Gasteiger partial charge in [0.1, 0.15) is 16.7 Å². The smallest absolute Gasteiger partial charge is 0.475 e. The maximum absolute atomic E-state index is 12.5. The number of morpholine rings is 1. The van der Waals surface area contributed by atoms with Crippen molar-refractivity contribution in [3.8, 4) is 0 Å². The van der Waals surface area contributed by atoms with Gasteiger partial charge in [-0.05, 0) is 18.8 Å². The zero-order chi connectivity index (χ0) is 28.9. The quantitative estimate of drug-likeness (QED) is 0.506. The molecule has 1 aromatic heterocycles. The maximum Gasteiger partial charge on any atom is 0.490 e. The van der Waals surface area contributed by atoms with Crippen molar-refractivity contribution in [2.75, 3.05) is 46.9 Å². The second-order valence-electron chi connectivity index (χ2n) is 9.29. The Morgan fingerprint density at radius 2 is 1.61 bits per heavy atom. The molecule has 2 N–H and O–H groups in total. The molecule has 216 valence electrons. The standard InChI is InChI=1S/C17H26N4O2S.2C2HF3O2/c1-19(2)16(22)14-9-23-17(12-21(14)7-13-3-4-13)10-20(11-17)8-15-18-5-6-24-15;2*3-2(4,5)1(6)7/h5-6,13-14H,3-4,7-12H2,1-2H3;2*(H,6,7). The monoisotopic (exact) mass is 578 g/mol. The summed E-state index contributed by atoms with van der Waals surface area (Å²) in [6.45, 7) is 5.23. The summed E-state index contributed by atoms with van der Waals surface area (Å²) in [5.74, 6) is -4.56. The molecule has 2 saturated heterocycles. The van der Waals surface area contributed by atoms with Gasteiger partial charge in [-0.25, -0.2) is 14.6 Å². The van der Waals surface area contributed by atoms with Crippen molar-refractivity contribution in [3.63, 3.8) is 0 Å². The Balaban J connectivity index is 0.000000301. The first-order valence-corrected chi connectivity index (χ1v) is 12.1. The van der Waals surface area contributed by atoms with E-state index >= 15 is 0 Å². The van der Waals surface area contributed by atoms with E-state index in [1.54, 1.807) is 16.2 Å². The number of carboxylic acids is 2. The van der Waals surface area contributed by atoms with E-state index in [1.807, 2.05) is 25.7 Å². The van der Waals surface area contributed by atoms with E-state index < -0.39 is 24.3 Å². The summed E-state index contributed by atoms with van der Waals surface area (Å²) in [6, 6.07) is -0.112. The first-order valence-electron chi connectivity index (χ1n) is 11.2. The lowest BCUT2D eigenvalue weighted by Crippen LogP contribution is -2.72. The Labute approximate surface area is 217 Å². The number of hydrogen-bond donors (Lipinski definition) is 2. The maximum atomic E-state index is 12.5. The number of nitrogens with zero attached hydrogens (tertiary/aromatic N) is 4. The summed E-state index contributed by atoms with van der Waals surface area (Å²) < 4.78 is 69.7. The highest BCUT2D eigenvalue weighted by molar-refractivity contribution is 7.09. The number of amides is 1. The van der Waals surface area contributed by atoms with Crippen LogP contribution in [0.5, 0.6) is 0 Å². The molecule has 1 saturated carbocycles. The molecule has 1 amide bonds. The molecule has 17 heteroatoms. The number of carbonyl (C=O) groups excluding carboxylic acids is 1. The third-order valence-electron chi connectivity index (χ3n) is 5.75. The SMILES string of the molecule is CN(C)C(=O)C1COC2(CN(Cc3nccs3)C2)CN1CC1CC1.O=C(O)C(F)(F)F.O=C(O)C(F)(F)F. The minimum absolute atomic E-state index is 0.0881. The molecule has 38 heavy (non-hydrogen) atoms. The van der Waals surface area contributed by atoms with Crippen LogP contribution in [0.15, 0.2) is 11.6 Å². The van der Waals surface area contributed by atoms with E-state index in [4.69, 9.17) is 24.5 Å². The number of carbonyl (C=O) groups is 3. The van der Waals surface area contributed by atoms with Crippen molar-refractivity contribution in [3.05, 3.63) is 16.6 Å². The number of alkyl halides is 6. The van der Waals surface area contributed by atoms with Gasteiger partial charge in [0, 0.05) is 51.9 Å². The first-order chi connectivity index (χ1) is 17.4. The number of hydrogen-bond acceptors (Lipinski definition) is 8. The summed E-state index contributed by atoms with van der Waals surface area (Å²) in [5.41, 5.74) is -0.0881. The van der Waals surface area contributed by atoms with E-state index in [0.717, 1.165) is 43.6 Å². The number of ether oxygens (including phenoxy) is 1. The van der Waals surface area contributed by atoms with Crippen molar-refractivity contribution < 1.29 is 55.7 Å². The summed E-state index contributed by atoms with van der Waals surface area (Å²) >= 11 is 1.71. The molecule has 1 unspecified atom stereocenters. The molecule has 0 bridgehead atoms. The van der Waals surface area contributed by atoms with Gasteiger partial charge < -0.3 is 19.8 Å². The zero-order valence-electron chi connectivity index (χ0n) is 20.5. The minimum atomic E-state index is -5.08. The van der Waals surface area contributed by atoms with Crippen molar-refractivity contribution in [1.29, 1.82) is 0 Å². The van der Waals surface area contributed by atoms with Gasteiger partial charge in [-0.1, -0.05) is 0 Å². The van der Waals surface area contributed by atoms with Gasteiger partial charge in [0.05, 0.1) is 13.2 Å². The van der Waals surface area contributed by atoms with Crippen molar-refractivity contribution in [1.82, 2.24) is 19.7 Å². The molecule has 0 radical (unpaired) electrons. The van der Waals surface area contributed by atoms with Gasteiger partial charge in [-0.3, -0.25) is 14.6 Å². The molecular weight excluding hydrogens is 550 g/mol. The number of rotatable bonds is 5. The van der Waals surface area contributed by atoms with E-state index in [-0.39, 0.29) is 17.6 Å². The summed E-state index contributed by atoms with van der Waals surface area (Å²) in [4.78, 5) is 41.1. The molecule has 1 atom stereocenters. The third-order valence-corrected chi connectivity index (χ3v) is 6.51. The second-order valence-corrected chi connectivity index (χ2v) is 10.3. The molecule has 1 aliphatic carbocycles. The number of thiazole rings is 1. The average Bonchev–Trinajstić information content (AvgIpc) is 3.43. The van der Waals surface area contributed by atoms with E-state index in [0.29, 0.717) is 6.61 Å². The van der Waals surface area contributed by atoms with E-state index in [9.17, 15) is 31.1 Å². The molecular formula is C21H28F6N4O6S. The van der Waals surface area contributed by atoms with Crippen LogP contribution in [-0.2, 0) is 25.7 Å². The zero-order valence-corrected chi connectivity index (χ0v) is 21.3. The topological polar surface area (TPSA) is 124 Å². The first kappa shape index (κ1) is 31.7. The number of aliphatic carboxylic acids is 2. The van der Waals surface area contributed by atoms with Crippen LogP contribution in [-0.4, -0.2) is 119 Å². The summed E-state index contributed by atoms with van der Waals surface area (Å²) in [6.07, 6.45) is -5.69. The van der Waals surface area contributed by atoms with Crippen LogP contribution < -0.4 is 0 Å². The Hall–Kier alpha value is -2.50. The lowest BCUT2D eigenvalue weighted by Gasteiger charge is -2.55. The largest absolute Gasteiger partial charge is 0.490 e. The fourth-order valence-electron chi connectivity index (χ4n) is 3.83. The number of likely N-dealkylation sites (N-methyl/N-ethyl adjacent to an activating group) is 1. The van der Waals surface area contributed by atoms with Crippen LogP contribution in [0.25, 0.3) is 0 Å². The summed E-state index contributed by atoms with van der Waals surface area (Å²) in [7, 11) is 3.67. The lowest BCUT2D eigenvalue weighted by molar-refractivity contribution is -0.205. The third kappa shape index (κ3) is 9.67. The van der Waals surface area contributed by atoms with Crippen molar-refractivity contribution >= 4 is 29.2 Å². The van der Waals surface area contributed by atoms with Gasteiger partial charge in [-0.15, -0.1) is 11.3 Å². The number of carboxylic acid groups (broad SMARTS) is 2. The number of halogens is 6. The van der Waals surface area contributed by atoms with Gasteiger partial charge in [0.15, 0.2) is 0 Å². The Morgan fingerprint density at radius 3 is 2.00 bits per heavy atom. The molecule has 3 aliphatic rings. The van der Waals surface area contributed by atoms with Crippen molar-refractivity contribution in [2.45, 2.75) is 43.4 Å². The minimum Gasteiger partial charge on any atom is -0.475 e. The molecule has 10 nitrogen and oxygen atoms in total. The van der Waals surface area contributed by atoms with Crippen LogP contribution in [0.4, 0.5) is 26.3 Å². The van der Waals surface area contributed by atoms with Crippen LogP contribution in [0.2, 0.25) is 0 Å². The molecule has 1 spiro atoms. The van der Waals surface area contributed by atoms with Crippen LogP contribution in [0.1, 0.15) is 17.8 Å². The Kier molecular flexibility index (Phi) is 10.5. The number of aromatic nitrogens is 1. The molecule has 0 aromatic carbocycles. The molecule has 1 aromatic rings. The molecule has 3 heterocycles. The Morgan fingerprint density at radius 1 is 1.08 bits per heavy atom. The second kappa shape index (κ2) is 12.6. The number of likely N-dealkylation sites (tertiary alicyclic amines) is 1. The average molecular weight is 579 g/mol. The van der Waals surface area contributed by atoms with Crippen LogP contribution in [0.3, 0.4) is 0 Å². The van der Waals surface area contributed by atoms with Gasteiger partial charge in [0.25, 0.3) is 0 Å². The molecule has 4 rings (SSSR count). The lowest BCUT2D eigenvalue weighted by atomic mass is 9.90. The van der Waals surface area contributed by atoms with E-state index in [1.165, 1.54) is 12.8 Å². The highest BCUT2D eigenvalue weighted by Crippen LogP contribution is 2.36. The predicted molar refractivity (Wildman–Crippen MR) is 120 cm³/mol.